The molecule has 3 aromatic rings. The topological polar surface area (TPSA) is 84.2 Å². The van der Waals surface area contributed by atoms with Crippen LogP contribution in [-0.2, 0) is 9.59 Å². The van der Waals surface area contributed by atoms with Crippen LogP contribution < -0.4 is 10.9 Å². The first-order valence-electron chi connectivity index (χ1n) is 7.54. The van der Waals surface area contributed by atoms with Gasteiger partial charge in [-0.2, -0.15) is 0 Å². The van der Waals surface area contributed by atoms with Gasteiger partial charge in [0.15, 0.2) is 5.58 Å². The van der Waals surface area contributed by atoms with Crippen LogP contribution in [0.4, 0.5) is 4.39 Å². The number of rotatable bonds is 6. The van der Waals surface area contributed by atoms with Crippen LogP contribution >= 0.6 is 23.5 Å². The zero-order chi connectivity index (χ0) is 18.4. The molecule has 3 rings (SSSR count). The highest BCUT2D eigenvalue weighted by Gasteiger charge is 2.10. The third-order valence-corrected chi connectivity index (χ3v) is 4.97. The quantitative estimate of drug-likeness (QED) is 0.496. The van der Waals surface area contributed by atoms with Crippen molar-refractivity contribution in [2.45, 2.75) is 10.1 Å². The first kappa shape index (κ1) is 18.3. The van der Waals surface area contributed by atoms with E-state index in [9.17, 15) is 14.0 Å². The van der Waals surface area contributed by atoms with Crippen molar-refractivity contribution in [2.75, 3.05) is 11.5 Å². The summed E-state index contributed by atoms with van der Waals surface area (Å²) in [5, 5.41) is 0.388. The molecule has 0 atom stereocenters. The van der Waals surface area contributed by atoms with E-state index < -0.39 is 0 Å². The first-order chi connectivity index (χ1) is 12.6. The normalized spacial score (nSPS) is 10.7. The Morgan fingerprint density at radius 2 is 1.62 bits per heavy atom. The number of carbonyl (C=O) groups excluding carboxylic acids is 2. The van der Waals surface area contributed by atoms with Crippen molar-refractivity contribution in [3.8, 4) is 0 Å². The molecule has 9 heteroatoms. The maximum Gasteiger partial charge on any atom is 0.257 e. The van der Waals surface area contributed by atoms with E-state index in [1.54, 1.807) is 18.2 Å². The van der Waals surface area contributed by atoms with E-state index in [1.165, 1.54) is 23.9 Å². The van der Waals surface area contributed by atoms with Crippen molar-refractivity contribution in [2.24, 2.45) is 0 Å². The number of nitrogens with one attached hydrogen (secondary N) is 2. The highest BCUT2D eigenvalue weighted by Crippen LogP contribution is 2.22. The lowest BCUT2D eigenvalue weighted by molar-refractivity contribution is -0.126. The van der Waals surface area contributed by atoms with Gasteiger partial charge in [0.05, 0.1) is 11.5 Å². The Labute approximate surface area is 156 Å². The number of hydrazine groups is 1. The van der Waals surface area contributed by atoms with Crippen molar-refractivity contribution in [1.82, 2.24) is 15.8 Å². The Morgan fingerprint density at radius 1 is 0.962 bits per heavy atom. The smallest absolute Gasteiger partial charge is 0.257 e. The standard InChI is InChI=1S/C17H14FN3O3S2/c18-11-5-7-12(8-6-11)25-9-15(22)20-21-16(23)10-26-17-19-13-3-1-2-4-14(13)24-17/h1-8H,9-10H2,(H,20,22)(H,21,23). The molecule has 0 aliphatic carbocycles. The zero-order valence-corrected chi connectivity index (χ0v) is 15.0. The minimum Gasteiger partial charge on any atom is -0.431 e. The van der Waals surface area contributed by atoms with Gasteiger partial charge >= 0.3 is 0 Å². The Kier molecular flexibility index (Phi) is 6.13. The van der Waals surface area contributed by atoms with Crippen LogP contribution in [-0.4, -0.2) is 28.3 Å². The Balaban J connectivity index is 1.37. The molecule has 26 heavy (non-hydrogen) atoms. The lowest BCUT2D eigenvalue weighted by Gasteiger charge is -2.06. The van der Waals surface area contributed by atoms with Gasteiger partial charge in [-0.05, 0) is 36.4 Å². The summed E-state index contributed by atoms with van der Waals surface area (Å²) in [6.45, 7) is 0. The average Bonchev–Trinajstić information content (AvgIpc) is 3.07. The van der Waals surface area contributed by atoms with Gasteiger partial charge in [0.1, 0.15) is 11.3 Å². The van der Waals surface area contributed by atoms with E-state index in [0.29, 0.717) is 10.8 Å². The molecular weight excluding hydrogens is 377 g/mol. The Bertz CT molecular complexity index is 882. The predicted octanol–water partition coefficient (Wildman–Crippen LogP) is 3.00. The van der Waals surface area contributed by atoms with Gasteiger partial charge in [-0.1, -0.05) is 23.9 Å². The molecule has 0 saturated heterocycles. The second-order valence-electron chi connectivity index (χ2n) is 5.08. The SMILES string of the molecule is O=C(CSc1ccc(F)cc1)NNC(=O)CSc1nc2ccccc2o1. The number of thioether (sulfide) groups is 2. The number of amides is 2. The van der Waals surface area contributed by atoms with Crippen molar-refractivity contribution in [3.05, 3.63) is 54.3 Å². The molecule has 0 radical (unpaired) electrons. The van der Waals surface area contributed by atoms with Gasteiger partial charge < -0.3 is 4.42 Å². The zero-order valence-electron chi connectivity index (χ0n) is 13.4. The molecule has 134 valence electrons. The molecule has 0 unspecified atom stereocenters. The number of halogens is 1. The molecule has 2 aromatic carbocycles. The van der Waals surface area contributed by atoms with Crippen LogP contribution in [0.15, 0.2) is 63.1 Å². The van der Waals surface area contributed by atoms with Crippen LogP contribution in [0.25, 0.3) is 11.1 Å². The molecule has 0 spiro atoms. The number of aromatic nitrogens is 1. The fraction of sp³-hybridized carbons (Fsp3) is 0.118. The summed E-state index contributed by atoms with van der Waals surface area (Å²) in [4.78, 5) is 28.5. The molecule has 0 aliphatic rings. The number of carbonyl (C=O) groups is 2. The molecule has 0 aliphatic heterocycles. The maximum absolute atomic E-state index is 12.8. The van der Waals surface area contributed by atoms with Crippen LogP contribution in [0.3, 0.4) is 0 Å². The summed E-state index contributed by atoms with van der Waals surface area (Å²) in [7, 11) is 0. The molecule has 0 saturated carbocycles. The van der Waals surface area contributed by atoms with Gasteiger partial charge in [-0.25, -0.2) is 9.37 Å². The summed E-state index contributed by atoms with van der Waals surface area (Å²) in [6.07, 6.45) is 0. The average molecular weight is 391 g/mol. The van der Waals surface area contributed by atoms with Gasteiger partial charge in [-0.3, -0.25) is 20.4 Å². The van der Waals surface area contributed by atoms with E-state index in [-0.39, 0.29) is 29.1 Å². The van der Waals surface area contributed by atoms with Crippen LogP contribution in [0.5, 0.6) is 0 Å². The fourth-order valence-electron chi connectivity index (χ4n) is 1.93. The molecular formula is C17H14FN3O3S2. The summed E-state index contributed by atoms with van der Waals surface area (Å²) in [5.74, 6) is -0.915. The number of benzene rings is 2. The number of para-hydroxylation sites is 2. The Hall–Kier alpha value is -2.52. The third-order valence-electron chi connectivity index (χ3n) is 3.13. The molecule has 0 bridgehead atoms. The van der Waals surface area contributed by atoms with Crippen LogP contribution in [0, 0.1) is 5.82 Å². The van der Waals surface area contributed by atoms with E-state index in [2.05, 4.69) is 15.8 Å². The van der Waals surface area contributed by atoms with Gasteiger partial charge in [0.2, 0.25) is 11.8 Å². The summed E-state index contributed by atoms with van der Waals surface area (Å²) in [6, 6.07) is 13.1. The summed E-state index contributed by atoms with van der Waals surface area (Å²) in [5.41, 5.74) is 6.04. The monoisotopic (exact) mass is 391 g/mol. The minimum absolute atomic E-state index is 0.0538. The lowest BCUT2D eigenvalue weighted by atomic mass is 10.3. The highest BCUT2D eigenvalue weighted by atomic mass is 32.2. The Morgan fingerprint density at radius 3 is 2.31 bits per heavy atom. The molecule has 6 nitrogen and oxygen atoms in total. The number of oxazole rings is 1. The van der Waals surface area contributed by atoms with Gasteiger partial charge in [-0.15, -0.1) is 11.8 Å². The van der Waals surface area contributed by atoms with Crippen LogP contribution in [0.2, 0.25) is 0 Å². The van der Waals surface area contributed by atoms with Gasteiger partial charge in [0, 0.05) is 4.90 Å². The lowest BCUT2D eigenvalue weighted by Crippen LogP contribution is -2.43. The molecule has 1 heterocycles. The van der Waals surface area contributed by atoms with Crippen LogP contribution in [0.1, 0.15) is 0 Å². The number of hydrogen-bond acceptors (Lipinski definition) is 6. The molecule has 0 fully saturated rings. The van der Waals surface area contributed by atoms with Crippen molar-refractivity contribution in [1.29, 1.82) is 0 Å². The number of nitrogens with zero attached hydrogens (tertiary/aromatic N) is 1. The van der Waals surface area contributed by atoms with E-state index in [1.807, 2.05) is 18.2 Å². The molecule has 2 amide bonds. The largest absolute Gasteiger partial charge is 0.431 e. The number of fused-ring (bicyclic) bond motifs is 1. The van der Waals surface area contributed by atoms with E-state index >= 15 is 0 Å². The molecule has 1 aromatic heterocycles. The third kappa shape index (κ3) is 5.24. The van der Waals surface area contributed by atoms with E-state index in [0.717, 1.165) is 22.2 Å². The van der Waals surface area contributed by atoms with Crippen molar-refractivity contribution >= 4 is 46.4 Å². The van der Waals surface area contributed by atoms with E-state index in [4.69, 9.17) is 4.42 Å². The summed E-state index contributed by atoms with van der Waals surface area (Å²) < 4.78 is 18.3. The van der Waals surface area contributed by atoms with Crippen molar-refractivity contribution < 1.29 is 18.4 Å². The summed E-state index contributed by atoms with van der Waals surface area (Å²) >= 11 is 2.38. The fourth-order valence-corrected chi connectivity index (χ4v) is 3.27. The highest BCUT2D eigenvalue weighted by molar-refractivity contribution is 8.00. The van der Waals surface area contributed by atoms with Gasteiger partial charge in [0.25, 0.3) is 5.22 Å². The minimum atomic E-state index is -0.377. The predicted molar refractivity (Wildman–Crippen MR) is 98.1 cm³/mol. The van der Waals surface area contributed by atoms with Crippen molar-refractivity contribution in [3.63, 3.8) is 0 Å². The second-order valence-corrected chi connectivity index (χ2v) is 7.05. The number of hydrogen-bond donors (Lipinski definition) is 2. The second kappa shape index (κ2) is 8.72. The molecule has 2 N–H and O–H groups in total. The first-order valence-corrected chi connectivity index (χ1v) is 9.52. The maximum atomic E-state index is 12.8.